The Labute approximate surface area is 116 Å². The van der Waals surface area contributed by atoms with Crippen LogP contribution in [0.3, 0.4) is 0 Å². The van der Waals surface area contributed by atoms with Crippen molar-refractivity contribution in [3.63, 3.8) is 0 Å². The highest BCUT2D eigenvalue weighted by atomic mass is 15.2. The van der Waals surface area contributed by atoms with Crippen LogP contribution in [0.1, 0.15) is 30.0 Å². The lowest BCUT2D eigenvalue weighted by molar-refractivity contribution is 0.233. The van der Waals surface area contributed by atoms with Crippen molar-refractivity contribution in [1.29, 1.82) is 0 Å². The maximum atomic E-state index is 3.61. The first kappa shape index (κ1) is 13.1. The van der Waals surface area contributed by atoms with E-state index in [1.807, 2.05) is 0 Å². The summed E-state index contributed by atoms with van der Waals surface area (Å²) in [6.45, 7) is 9.04. The quantitative estimate of drug-likeness (QED) is 0.862. The van der Waals surface area contributed by atoms with Crippen LogP contribution >= 0.6 is 0 Å². The molecule has 0 saturated carbocycles. The summed E-state index contributed by atoms with van der Waals surface area (Å²) < 4.78 is 0. The van der Waals surface area contributed by atoms with Crippen LogP contribution in [0.5, 0.6) is 0 Å². The van der Waals surface area contributed by atoms with Crippen molar-refractivity contribution in [3.05, 3.63) is 34.9 Å². The molecule has 1 aromatic carbocycles. The van der Waals surface area contributed by atoms with Crippen LogP contribution < -0.4 is 10.6 Å². The van der Waals surface area contributed by atoms with E-state index in [0.717, 1.165) is 26.2 Å². The Kier molecular flexibility index (Phi) is 4.16. The predicted molar refractivity (Wildman–Crippen MR) is 79.2 cm³/mol. The third-order valence-electron chi connectivity index (χ3n) is 4.43. The monoisotopic (exact) mass is 259 g/mol. The molecule has 3 nitrogen and oxygen atoms in total. The first-order valence-electron chi connectivity index (χ1n) is 7.62. The lowest BCUT2D eigenvalue weighted by Gasteiger charge is -2.29. The van der Waals surface area contributed by atoms with Gasteiger partial charge in [-0.25, -0.2) is 0 Å². The molecule has 0 radical (unpaired) electrons. The van der Waals surface area contributed by atoms with Gasteiger partial charge in [0.2, 0.25) is 0 Å². The van der Waals surface area contributed by atoms with E-state index in [1.165, 1.54) is 37.1 Å². The fourth-order valence-corrected chi connectivity index (χ4v) is 3.15. The zero-order chi connectivity index (χ0) is 13.1. The Morgan fingerprint density at radius 3 is 2.84 bits per heavy atom. The van der Waals surface area contributed by atoms with Crippen LogP contribution in [0.2, 0.25) is 0 Å². The van der Waals surface area contributed by atoms with Crippen molar-refractivity contribution in [2.24, 2.45) is 0 Å². The third-order valence-corrected chi connectivity index (χ3v) is 4.43. The van der Waals surface area contributed by atoms with E-state index < -0.39 is 0 Å². The van der Waals surface area contributed by atoms with Gasteiger partial charge in [0.25, 0.3) is 0 Å². The van der Waals surface area contributed by atoms with Crippen LogP contribution in [0.25, 0.3) is 0 Å². The molecule has 0 aliphatic carbocycles. The fraction of sp³-hybridized carbons (Fsp3) is 0.625. The van der Waals surface area contributed by atoms with Gasteiger partial charge in [-0.1, -0.05) is 25.1 Å². The minimum atomic E-state index is 0.668. The average molecular weight is 259 g/mol. The average Bonchev–Trinajstić information content (AvgIpc) is 2.47. The molecule has 3 heteroatoms. The Morgan fingerprint density at radius 2 is 2.05 bits per heavy atom. The summed E-state index contributed by atoms with van der Waals surface area (Å²) in [6, 6.07) is 7.75. The lowest BCUT2D eigenvalue weighted by atomic mass is 9.93. The number of nitrogens with one attached hydrogen (secondary N) is 2. The van der Waals surface area contributed by atoms with Crippen molar-refractivity contribution < 1.29 is 0 Å². The van der Waals surface area contributed by atoms with Gasteiger partial charge in [-0.3, -0.25) is 4.90 Å². The molecule has 0 amide bonds. The van der Waals surface area contributed by atoms with E-state index in [9.17, 15) is 0 Å². The zero-order valence-electron chi connectivity index (χ0n) is 11.9. The predicted octanol–water partition coefficient (Wildman–Crippen LogP) is 1.52. The lowest BCUT2D eigenvalue weighted by Crippen LogP contribution is -2.43. The molecule has 104 valence electrons. The number of hydrogen-bond acceptors (Lipinski definition) is 3. The van der Waals surface area contributed by atoms with E-state index in [4.69, 9.17) is 0 Å². The van der Waals surface area contributed by atoms with Gasteiger partial charge in [0.05, 0.1) is 0 Å². The third kappa shape index (κ3) is 3.16. The molecule has 3 rings (SSSR count). The standard InChI is InChI=1S/C16H25N3/c1-2-16-10-15-9-13(3-4-14(15)11-18-16)12-19-7-5-17-6-8-19/h3-4,9,16-18H,2,5-8,10-12H2,1H3. The van der Waals surface area contributed by atoms with Crippen molar-refractivity contribution in [2.45, 2.75) is 38.9 Å². The van der Waals surface area contributed by atoms with Gasteiger partial charge in [0.1, 0.15) is 0 Å². The van der Waals surface area contributed by atoms with Gasteiger partial charge in [0, 0.05) is 45.3 Å². The van der Waals surface area contributed by atoms with Gasteiger partial charge in [-0.05, 0) is 29.5 Å². The summed E-state index contributed by atoms with van der Waals surface area (Å²) in [5.74, 6) is 0. The first-order valence-corrected chi connectivity index (χ1v) is 7.62. The van der Waals surface area contributed by atoms with E-state index in [1.54, 1.807) is 5.56 Å². The van der Waals surface area contributed by atoms with Crippen LogP contribution in [-0.2, 0) is 19.5 Å². The minimum absolute atomic E-state index is 0.668. The number of fused-ring (bicyclic) bond motifs is 1. The summed E-state index contributed by atoms with van der Waals surface area (Å²) in [6.07, 6.45) is 2.42. The summed E-state index contributed by atoms with van der Waals surface area (Å²) in [5.41, 5.74) is 4.55. The first-order chi connectivity index (χ1) is 9.35. The topological polar surface area (TPSA) is 27.3 Å². The van der Waals surface area contributed by atoms with E-state index in [0.29, 0.717) is 6.04 Å². The molecule has 1 unspecified atom stereocenters. The second kappa shape index (κ2) is 6.04. The molecule has 1 aromatic rings. The highest BCUT2D eigenvalue weighted by Gasteiger charge is 2.17. The molecule has 0 spiro atoms. The molecule has 1 fully saturated rings. The van der Waals surface area contributed by atoms with Crippen molar-refractivity contribution in [2.75, 3.05) is 26.2 Å². The molecule has 19 heavy (non-hydrogen) atoms. The van der Waals surface area contributed by atoms with E-state index >= 15 is 0 Å². The SMILES string of the molecule is CCC1Cc2cc(CN3CCNCC3)ccc2CN1. The number of nitrogens with zero attached hydrogens (tertiary/aromatic N) is 1. The van der Waals surface area contributed by atoms with Gasteiger partial charge in [-0.15, -0.1) is 0 Å². The summed E-state index contributed by atoms with van der Waals surface area (Å²) in [5, 5.41) is 7.02. The number of benzene rings is 1. The highest BCUT2D eigenvalue weighted by Crippen LogP contribution is 2.20. The Hall–Kier alpha value is -0.900. The van der Waals surface area contributed by atoms with E-state index in [-0.39, 0.29) is 0 Å². The molecular weight excluding hydrogens is 234 g/mol. The maximum absolute atomic E-state index is 3.61. The largest absolute Gasteiger partial charge is 0.314 e. The Balaban J connectivity index is 1.69. The normalized spacial score (nSPS) is 24.2. The van der Waals surface area contributed by atoms with Crippen LogP contribution in [0, 0.1) is 0 Å². The van der Waals surface area contributed by atoms with Gasteiger partial charge < -0.3 is 10.6 Å². The molecular formula is C16H25N3. The second-order valence-corrected chi connectivity index (χ2v) is 5.82. The van der Waals surface area contributed by atoms with Crippen molar-refractivity contribution >= 4 is 0 Å². The van der Waals surface area contributed by atoms with Crippen LogP contribution in [0.4, 0.5) is 0 Å². The number of hydrogen-bond donors (Lipinski definition) is 2. The molecule has 2 aliphatic heterocycles. The summed E-state index contributed by atoms with van der Waals surface area (Å²) >= 11 is 0. The van der Waals surface area contributed by atoms with Gasteiger partial charge in [0.15, 0.2) is 0 Å². The molecule has 2 N–H and O–H groups in total. The molecule has 0 bridgehead atoms. The van der Waals surface area contributed by atoms with Crippen LogP contribution in [0.15, 0.2) is 18.2 Å². The molecule has 2 aliphatic rings. The number of rotatable bonds is 3. The Morgan fingerprint density at radius 1 is 1.21 bits per heavy atom. The Bertz CT molecular complexity index is 424. The zero-order valence-corrected chi connectivity index (χ0v) is 11.9. The van der Waals surface area contributed by atoms with Crippen LogP contribution in [-0.4, -0.2) is 37.1 Å². The smallest absolute Gasteiger partial charge is 0.0234 e. The van der Waals surface area contributed by atoms with Crippen molar-refractivity contribution in [1.82, 2.24) is 15.5 Å². The summed E-state index contributed by atoms with van der Waals surface area (Å²) in [4.78, 5) is 2.55. The maximum Gasteiger partial charge on any atom is 0.0234 e. The van der Waals surface area contributed by atoms with Crippen molar-refractivity contribution in [3.8, 4) is 0 Å². The molecule has 0 aromatic heterocycles. The number of piperazine rings is 1. The molecule has 1 atom stereocenters. The van der Waals surface area contributed by atoms with E-state index in [2.05, 4.69) is 40.7 Å². The summed E-state index contributed by atoms with van der Waals surface area (Å²) in [7, 11) is 0. The van der Waals surface area contributed by atoms with Gasteiger partial charge >= 0.3 is 0 Å². The highest BCUT2D eigenvalue weighted by molar-refractivity contribution is 5.34. The molecule has 1 saturated heterocycles. The van der Waals surface area contributed by atoms with Gasteiger partial charge in [-0.2, -0.15) is 0 Å². The fourth-order valence-electron chi connectivity index (χ4n) is 3.15. The second-order valence-electron chi connectivity index (χ2n) is 5.82. The molecule has 2 heterocycles. The minimum Gasteiger partial charge on any atom is -0.314 e.